The summed E-state index contributed by atoms with van der Waals surface area (Å²) in [7, 11) is -4.40. The molecule has 252 valence electrons. The molecular weight excluding hydrogens is 577 g/mol. The van der Waals surface area contributed by atoms with Gasteiger partial charge in [0.15, 0.2) is 0 Å². The number of phosphoric acid groups is 1. The summed E-state index contributed by atoms with van der Waals surface area (Å²) in [6.07, 6.45) is 19.3. The van der Waals surface area contributed by atoms with Gasteiger partial charge in [0.05, 0.1) is 39.0 Å². The first-order valence-electron chi connectivity index (χ1n) is 17.6. The van der Waals surface area contributed by atoms with Gasteiger partial charge in [-0.2, -0.15) is 0 Å². The van der Waals surface area contributed by atoms with Crippen molar-refractivity contribution in [3.05, 3.63) is 29.8 Å². The highest BCUT2D eigenvalue weighted by Gasteiger charge is 2.46. The van der Waals surface area contributed by atoms with Gasteiger partial charge in [-0.15, -0.1) is 0 Å². The fourth-order valence-electron chi connectivity index (χ4n) is 6.84. The minimum atomic E-state index is -4.40. The van der Waals surface area contributed by atoms with Gasteiger partial charge in [-0.25, -0.2) is 4.57 Å². The van der Waals surface area contributed by atoms with Crippen molar-refractivity contribution in [2.24, 2.45) is 5.92 Å². The molecule has 2 aliphatic heterocycles. The predicted octanol–water partition coefficient (Wildman–Crippen LogP) is 9.04. The Morgan fingerprint density at radius 3 is 2.07 bits per heavy atom. The zero-order valence-corrected chi connectivity index (χ0v) is 28.8. The molecule has 3 unspecified atom stereocenters. The average Bonchev–Trinajstić information content (AvgIpc) is 3.62. The van der Waals surface area contributed by atoms with Crippen molar-refractivity contribution in [2.75, 3.05) is 39.5 Å². The van der Waals surface area contributed by atoms with Crippen LogP contribution in [0.25, 0.3) is 0 Å². The summed E-state index contributed by atoms with van der Waals surface area (Å²) < 4.78 is 35.6. The first-order valence-corrected chi connectivity index (χ1v) is 19.1. The van der Waals surface area contributed by atoms with Crippen molar-refractivity contribution >= 4 is 19.5 Å². The lowest BCUT2D eigenvalue weighted by Gasteiger charge is -2.31. The third-order valence-electron chi connectivity index (χ3n) is 9.42. The predicted molar refractivity (Wildman–Crippen MR) is 178 cm³/mol. The number of phosphoric ester groups is 1. The number of fused-ring (bicyclic) bond motifs is 2. The van der Waals surface area contributed by atoms with E-state index >= 15 is 0 Å². The van der Waals surface area contributed by atoms with Crippen molar-refractivity contribution in [3.63, 3.8) is 0 Å². The van der Waals surface area contributed by atoms with Crippen LogP contribution in [0.2, 0.25) is 0 Å². The molecule has 0 saturated carbocycles. The van der Waals surface area contributed by atoms with E-state index < -0.39 is 26.0 Å². The average molecular weight is 639 g/mol. The first-order chi connectivity index (χ1) is 21.2. The highest BCUT2D eigenvalue weighted by Crippen LogP contribution is 2.49. The lowest BCUT2D eigenvalue weighted by Crippen LogP contribution is -2.44. The normalized spacial score (nSPS) is 22.1. The zero-order valence-electron chi connectivity index (χ0n) is 27.9. The molecule has 1 aromatic rings. The summed E-state index contributed by atoms with van der Waals surface area (Å²) in [4.78, 5) is 22.1. The second-order valence-electron chi connectivity index (χ2n) is 13.2. The molecule has 2 bridgehead atoms. The van der Waals surface area contributed by atoms with Crippen LogP contribution < -0.4 is 4.48 Å². The van der Waals surface area contributed by atoms with Gasteiger partial charge in [0.2, 0.25) is 0 Å². The standard InChI is InChI=1S/C35H60NO7P/c1-4-5-6-7-8-9-10-11-12-13-14-15-16-17-25-40-28-35(42-31(3)37)29-41-44(38,39)43-30(2)33-19-18-20-34(26-33)36-23-21-32(27-36)22-24-36/h18-20,26,30,32,35H,4-17,21-25,27-29H2,1-3H3/p+1. The Bertz CT molecular complexity index is 997. The number of quaternary nitrogens is 1. The summed E-state index contributed by atoms with van der Waals surface area (Å²) in [5.41, 5.74) is 2.09. The third-order valence-corrected chi connectivity index (χ3v) is 10.5. The maximum Gasteiger partial charge on any atom is 0.472 e. The van der Waals surface area contributed by atoms with Gasteiger partial charge in [-0.1, -0.05) is 103 Å². The Kier molecular flexibility index (Phi) is 17.0. The van der Waals surface area contributed by atoms with Gasteiger partial charge in [0.25, 0.3) is 0 Å². The zero-order chi connectivity index (χ0) is 31.7. The van der Waals surface area contributed by atoms with E-state index in [2.05, 4.69) is 19.1 Å². The molecule has 0 aromatic heterocycles. The van der Waals surface area contributed by atoms with Crippen molar-refractivity contribution in [1.82, 2.24) is 4.48 Å². The van der Waals surface area contributed by atoms with E-state index in [0.29, 0.717) is 6.61 Å². The lowest BCUT2D eigenvalue weighted by molar-refractivity contribution is -0.151. The molecule has 8 nitrogen and oxygen atoms in total. The number of ether oxygens (including phenoxy) is 2. The molecule has 3 rings (SSSR count). The number of hydrogen-bond acceptors (Lipinski definition) is 6. The molecule has 2 fully saturated rings. The summed E-state index contributed by atoms with van der Waals surface area (Å²) in [5.74, 6) is 0.322. The van der Waals surface area contributed by atoms with Crippen molar-refractivity contribution in [1.29, 1.82) is 0 Å². The summed E-state index contributed by atoms with van der Waals surface area (Å²) in [6, 6.07) is 8.17. The van der Waals surface area contributed by atoms with Gasteiger partial charge < -0.3 is 14.4 Å². The van der Waals surface area contributed by atoms with E-state index in [1.807, 2.05) is 12.1 Å². The molecule has 44 heavy (non-hydrogen) atoms. The number of unbranched alkanes of at least 4 members (excludes halogenated alkanes) is 13. The summed E-state index contributed by atoms with van der Waals surface area (Å²) >= 11 is 0. The van der Waals surface area contributed by atoms with Gasteiger partial charge in [0.1, 0.15) is 11.8 Å². The van der Waals surface area contributed by atoms with E-state index in [1.165, 1.54) is 109 Å². The van der Waals surface area contributed by atoms with E-state index in [1.54, 1.807) is 6.92 Å². The maximum absolute atomic E-state index is 12.8. The highest BCUT2D eigenvalue weighted by atomic mass is 31.2. The first kappa shape index (κ1) is 37.2. The number of esters is 1. The Hall–Kier alpha value is -1.28. The number of benzene rings is 1. The molecule has 3 atom stereocenters. The number of hydrogen-bond donors (Lipinski definition) is 1. The van der Waals surface area contributed by atoms with Crippen LogP contribution in [0.4, 0.5) is 5.69 Å². The molecule has 1 aromatic carbocycles. The Morgan fingerprint density at radius 2 is 1.52 bits per heavy atom. The highest BCUT2D eigenvalue weighted by molar-refractivity contribution is 7.47. The van der Waals surface area contributed by atoms with Crippen LogP contribution in [0.1, 0.15) is 135 Å². The topological polar surface area (TPSA) is 91.3 Å². The van der Waals surface area contributed by atoms with Crippen LogP contribution in [0.5, 0.6) is 0 Å². The van der Waals surface area contributed by atoms with Crippen molar-refractivity contribution in [3.8, 4) is 0 Å². The molecule has 0 radical (unpaired) electrons. The van der Waals surface area contributed by atoms with Gasteiger partial charge in [-0.3, -0.25) is 18.3 Å². The number of piperidine rings is 1. The molecule has 2 aliphatic rings. The summed E-state index contributed by atoms with van der Waals surface area (Å²) in [6.45, 7) is 9.20. The van der Waals surface area contributed by atoms with E-state index in [0.717, 1.165) is 41.9 Å². The minimum Gasteiger partial charge on any atom is -0.458 e. The van der Waals surface area contributed by atoms with Crippen LogP contribution in [-0.2, 0) is 27.9 Å². The molecule has 0 amide bonds. The van der Waals surface area contributed by atoms with E-state index in [9.17, 15) is 14.3 Å². The van der Waals surface area contributed by atoms with Gasteiger partial charge >= 0.3 is 13.8 Å². The van der Waals surface area contributed by atoms with Crippen LogP contribution in [-0.4, -0.2) is 56.4 Å². The number of nitrogens with zero attached hydrogens (tertiary/aromatic N) is 1. The largest absolute Gasteiger partial charge is 0.472 e. The smallest absolute Gasteiger partial charge is 0.458 e. The second kappa shape index (κ2) is 20.1. The van der Waals surface area contributed by atoms with Crippen molar-refractivity contribution in [2.45, 2.75) is 136 Å². The number of rotatable bonds is 25. The maximum atomic E-state index is 12.8. The van der Waals surface area contributed by atoms with Crippen LogP contribution >= 0.6 is 7.82 Å². The lowest BCUT2D eigenvalue weighted by atomic mass is 10.0. The number of carbonyl (C=O) groups excluding carboxylic acids is 1. The molecule has 0 spiro atoms. The SMILES string of the molecule is CCCCCCCCCCCCCCCCOCC(COP(=O)(O)OC(C)c1cccc([N+]23CCC(CC2)C3)c1)OC(C)=O. The fraction of sp³-hybridized carbons (Fsp3) is 0.800. The van der Waals surface area contributed by atoms with Crippen LogP contribution in [0.15, 0.2) is 24.3 Å². The molecule has 1 N–H and O–H groups in total. The number of carbonyl (C=O) groups is 1. The van der Waals surface area contributed by atoms with Gasteiger partial charge in [0, 0.05) is 38.4 Å². The monoisotopic (exact) mass is 638 g/mol. The van der Waals surface area contributed by atoms with Crippen LogP contribution in [0.3, 0.4) is 0 Å². The Labute approximate surface area is 267 Å². The second-order valence-corrected chi connectivity index (χ2v) is 14.6. The quantitative estimate of drug-likeness (QED) is 0.0494. The van der Waals surface area contributed by atoms with E-state index in [-0.39, 0.29) is 13.2 Å². The molecular formula is C35H61NO7P+. The summed E-state index contributed by atoms with van der Waals surface area (Å²) in [5, 5.41) is 0. The Balaban J connectivity index is 1.27. The molecule has 9 heteroatoms. The van der Waals surface area contributed by atoms with Crippen molar-refractivity contribution < 1.29 is 32.8 Å². The van der Waals surface area contributed by atoms with Gasteiger partial charge in [-0.05, 0) is 25.0 Å². The third kappa shape index (κ3) is 13.6. The van der Waals surface area contributed by atoms with E-state index in [4.69, 9.17) is 18.5 Å². The molecule has 0 aliphatic carbocycles. The fourth-order valence-corrected chi connectivity index (χ4v) is 7.78. The minimum absolute atomic E-state index is 0.108. The van der Waals surface area contributed by atoms with Crippen LogP contribution in [0, 0.1) is 5.92 Å². The Morgan fingerprint density at radius 1 is 0.932 bits per heavy atom. The molecule has 2 saturated heterocycles. The molecule has 2 heterocycles.